The van der Waals surface area contributed by atoms with Crippen molar-refractivity contribution in [3.63, 3.8) is 0 Å². The lowest BCUT2D eigenvalue weighted by Gasteiger charge is -2.14. The standard InChI is InChI=1S/C21H14N4O3/c26-20-17-10-22-19-16(11-23-24-19)18(17)21(27)25(20)12-13-5-4-8-15(9-13)28-14-6-2-1-3-7-14/h1-11H,12H2,(H,22,23,24). The number of imide groups is 1. The number of aromatic amines is 1. The number of para-hydroxylation sites is 1. The summed E-state index contributed by atoms with van der Waals surface area (Å²) in [4.78, 5) is 31.0. The number of amides is 2. The maximum Gasteiger partial charge on any atom is 0.263 e. The van der Waals surface area contributed by atoms with E-state index in [0.717, 1.165) is 5.56 Å². The van der Waals surface area contributed by atoms with Gasteiger partial charge in [-0.25, -0.2) is 4.98 Å². The maximum absolute atomic E-state index is 12.9. The van der Waals surface area contributed by atoms with Crippen LogP contribution in [0.4, 0.5) is 0 Å². The van der Waals surface area contributed by atoms with E-state index in [1.54, 1.807) is 0 Å². The van der Waals surface area contributed by atoms with Crippen molar-refractivity contribution in [3.05, 3.63) is 83.7 Å². The van der Waals surface area contributed by atoms with Crippen LogP contribution in [-0.2, 0) is 6.54 Å². The predicted octanol–water partition coefficient (Wildman–Crippen LogP) is 3.55. The molecule has 0 bridgehead atoms. The molecule has 4 aromatic rings. The van der Waals surface area contributed by atoms with Gasteiger partial charge in [0.1, 0.15) is 11.5 Å². The Hall–Kier alpha value is -4.00. The number of carbonyl (C=O) groups excluding carboxylic acids is 2. The summed E-state index contributed by atoms with van der Waals surface area (Å²) in [5, 5.41) is 7.19. The highest BCUT2D eigenvalue weighted by atomic mass is 16.5. The smallest absolute Gasteiger partial charge is 0.263 e. The van der Waals surface area contributed by atoms with Gasteiger partial charge in [0.2, 0.25) is 0 Å². The normalized spacial score (nSPS) is 13.2. The number of hydrogen-bond donors (Lipinski definition) is 1. The van der Waals surface area contributed by atoms with E-state index in [-0.39, 0.29) is 18.4 Å². The molecule has 1 aliphatic heterocycles. The number of aromatic nitrogens is 3. The largest absolute Gasteiger partial charge is 0.457 e. The van der Waals surface area contributed by atoms with Gasteiger partial charge in [0.15, 0.2) is 5.65 Å². The molecule has 0 saturated heterocycles. The fraction of sp³-hybridized carbons (Fsp3) is 0.0476. The second-order valence-electron chi connectivity index (χ2n) is 6.44. The predicted molar refractivity (Wildman–Crippen MR) is 101 cm³/mol. The number of rotatable bonds is 4. The third-order valence-corrected chi connectivity index (χ3v) is 4.63. The van der Waals surface area contributed by atoms with Gasteiger partial charge in [0, 0.05) is 6.20 Å². The van der Waals surface area contributed by atoms with Crippen LogP contribution in [0.5, 0.6) is 11.5 Å². The zero-order chi connectivity index (χ0) is 19.1. The molecule has 7 heteroatoms. The van der Waals surface area contributed by atoms with E-state index in [4.69, 9.17) is 4.74 Å². The summed E-state index contributed by atoms with van der Waals surface area (Å²) in [5.41, 5.74) is 1.93. The van der Waals surface area contributed by atoms with Crippen LogP contribution < -0.4 is 4.74 Å². The zero-order valence-corrected chi connectivity index (χ0v) is 14.6. The molecule has 0 radical (unpaired) electrons. The molecule has 0 atom stereocenters. The molecule has 136 valence electrons. The van der Waals surface area contributed by atoms with Crippen molar-refractivity contribution in [2.75, 3.05) is 0 Å². The van der Waals surface area contributed by atoms with Crippen LogP contribution in [0.1, 0.15) is 26.3 Å². The van der Waals surface area contributed by atoms with Gasteiger partial charge in [-0.2, -0.15) is 5.10 Å². The Morgan fingerprint density at radius 3 is 2.61 bits per heavy atom. The number of H-pyrrole nitrogens is 1. The van der Waals surface area contributed by atoms with E-state index in [1.807, 2.05) is 54.6 Å². The molecular weight excluding hydrogens is 356 g/mol. The minimum absolute atomic E-state index is 0.150. The molecule has 0 aliphatic carbocycles. The van der Waals surface area contributed by atoms with Crippen LogP contribution in [-0.4, -0.2) is 31.9 Å². The average Bonchev–Trinajstić information content (AvgIpc) is 3.28. The van der Waals surface area contributed by atoms with E-state index in [9.17, 15) is 9.59 Å². The summed E-state index contributed by atoms with van der Waals surface area (Å²) in [7, 11) is 0. The van der Waals surface area contributed by atoms with Crippen molar-refractivity contribution in [2.45, 2.75) is 6.54 Å². The quantitative estimate of drug-likeness (QED) is 0.555. The highest BCUT2D eigenvalue weighted by molar-refractivity contribution is 6.25. The molecule has 2 aromatic carbocycles. The molecule has 28 heavy (non-hydrogen) atoms. The fourth-order valence-corrected chi connectivity index (χ4v) is 3.32. The Morgan fingerprint density at radius 1 is 0.929 bits per heavy atom. The van der Waals surface area contributed by atoms with Crippen molar-refractivity contribution < 1.29 is 14.3 Å². The van der Waals surface area contributed by atoms with Crippen LogP contribution in [0.3, 0.4) is 0 Å². The summed E-state index contributed by atoms with van der Waals surface area (Å²) in [6.45, 7) is 0.150. The minimum Gasteiger partial charge on any atom is -0.457 e. The monoisotopic (exact) mass is 370 g/mol. The van der Waals surface area contributed by atoms with Crippen LogP contribution in [0.2, 0.25) is 0 Å². The third-order valence-electron chi connectivity index (χ3n) is 4.63. The van der Waals surface area contributed by atoms with Crippen LogP contribution in [0.25, 0.3) is 11.0 Å². The van der Waals surface area contributed by atoms with Gasteiger partial charge in [-0.15, -0.1) is 0 Å². The average molecular weight is 370 g/mol. The second kappa shape index (κ2) is 6.31. The summed E-state index contributed by atoms with van der Waals surface area (Å²) in [5.74, 6) is 0.654. The van der Waals surface area contributed by atoms with Crippen molar-refractivity contribution in [2.24, 2.45) is 0 Å². The van der Waals surface area contributed by atoms with Gasteiger partial charge in [0.25, 0.3) is 11.8 Å². The third kappa shape index (κ3) is 2.61. The van der Waals surface area contributed by atoms with Crippen molar-refractivity contribution in [1.82, 2.24) is 20.1 Å². The van der Waals surface area contributed by atoms with Crippen molar-refractivity contribution in [3.8, 4) is 11.5 Å². The first-order valence-corrected chi connectivity index (χ1v) is 8.71. The summed E-state index contributed by atoms with van der Waals surface area (Å²) >= 11 is 0. The summed E-state index contributed by atoms with van der Waals surface area (Å²) < 4.78 is 5.84. The number of ether oxygens (including phenoxy) is 1. The van der Waals surface area contributed by atoms with Crippen LogP contribution in [0, 0.1) is 0 Å². The Kier molecular flexibility index (Phi) is 3.65. The number of carbonyl (C=O) groups is 2. The molecule has 2 amide bonds. The van der Waals surface area contributed by atoms with Gasteiger partial charge in [-0.05, 0) is 29.8 Å². The molecule has 5 rings (SSSR count). The van der Waals surface area contributed by atoms with Crippen molar-refractivity contribution in [1.29, 1.82) is 0 Å². The van der Waals surface area contributed by atoms with Crippen LogP contribution >= 0.6 is 0 Å². The first-order chi connectivity index (χ1) is 13.7. The Balaban J connectivity index is 1.43. The highest BCUT2D eigenvalue weighted by Crippen LogP contribution is 2.30. The van der Waals surface area contributed by atoms with Gasteiger partial charge in [-0.1, -0.05) is 30.3 Å². The second-order valence-corrected chi connectivity index (χ2v) is 6.44. The summed E-state index contributed by atoms with van der Waals surface area (Å²) in [6.07, 6.45) is 2.94. The number of nitrogens with one attached hydrogen (secondary N) is 1. The van der Waals surface area contributed by atoms with E-state index in [1.165, 1.54) is 17.3 Å². The molecule has 1 aliphatic rings. The highest BCUT2D eigenvalue weighted by Gasteiger charge is 2.37. The summed E-state index contributed by atoms with van der Waals surface area (Å²) in [6, 6.07) is 16.8. The Morgan fingerprint density at radius 2 is 1.75 bits per heavy atom. The number of benzene rings is 2. The molecule has 3 heterocycles. The molecule has 1 N–H and O–H groups in total. The van der Waals surface area contributed by atoms with Gasteiger partial charge in [-0.3, -0.25) is 19.6 Å². The SMILES string of the molecule is O=C1c2cnc3[nH]ncc3c2C(=O)N1Cc1cccc(Oc2ccccc2)c1. The van der Waals surface area contributed by atoms with E-state index < -0.39 is 0 Å². The Labute approximate surface area is 159 Å². The zero-order valence-electron chi connectivity index (χ0n) is 14.6. The molecule has 0 fully saturated rings. The first kappa shape index (κ1) is 16.2. The molecule has 0 spiro atoms. The topological polar surface area (TPSA) is 88.2 Å². The molecule has 0 unspecified atom stereocenters. The van der Waals surface area contributed by atoms with E-state index >= 15 is 0 Å². The molecule has 0 saturated carbocycles. The van der Waals surface area contributed by atoms with Gasteiger partial charge < -0.3 is 4.74 Å². The van der Waals surface area contributed by atoms with Crippen molar-refractivity contribution >= 4 is 22.8 Å². The molecular formula is C21H14N4O3. The molecule has 7 nitrogen and oxygen atoms in total. The number of hydrogen-bond acceptors (Lipinski definition) is 5. The fourth-order valence-electron chi connectivity index (χ4n) is 3.32. The Bertz CT molecular complexity index is 1220. The first-order valence-electron chi connectivity index (χ1n) is 8.71. The number of nitrogens with zero attached hydrogens (tertiary/aromatic N) is 3. The molecule has 2 aromatic heterocycles. The maximum atomic E-state index is 12.9. The van der Waals surface area contributed by atoms with Crippen LogP contribution in [0.15, 0.2) is 67.0 Å². The van der Waals surface area contributed by atoms with Gasteiger partial charge in [0.05, 0.1) is 29.3 Å². The number of pyridine rings is 1. The number of fused-ring (bicyclic) bond motifs is 3. The lowest BCUT2D eigenvalue weighted by Crippen LogP contribution is -2.29. The van der Waals surface area contributed by atoms with Gasteiger partial charge >= 0.3 is 0 Å². The van der Waals surface area contributed by atoms with E-state index in [0.29, 0.717) is 33.7 Å². The van der Waals surface area contributed by atoms with E-state index in [2.05, 4.69) is 15.2 Å². The lowest BCUT2D eigenvalue weighted by molar-refractivity contribution is 0.0642. The lowest BCUT2D eigenvalue weighted by atomic mass is 10.1. The minimum atomic E-state index is -0.356.